The van der Waals surface area contributed by atoms with Crippen LogP contribution in [-0.2, 0) is 0 Å². The first kappa shape index (κ1) is 12.7. The van der Waals surface area contributed by atoms with Gasteiger partial charge >= 0.3 is 0 Å². The predicted octanol–water partition coefficient (Wildman–Crippen LogP) is 4.55. The summed E-state index contributed by atoms with van der Waals surface area (Å²) in [5.74, 6) is 2.61. The molecule has 2 rings (SSSR count). The molecule has 0 radical (unpaired) electrons. The Morgan fingerprint density at radius 1 is 1.47 bits per heavy atom. The Kier molecular flexibility index (Phi) is 3.34. The van der Waals surface area contributed by atoms with E-state index in [1.807, 2.05) is 0 Å². The SMILES string of the molecule is CC(C)C1C(C)CC=C2C[C@@H](C#N)CC[C@@]21C. The maximum absolute atomic E-state index is 9.12. The van der Waals surface area contributed by atoms with Crippen molar-refractivity contribution < 1.29 is 0 Å². The molecule has 0 aromatic heterocycles. The van der Waals surface area contributed by atoms with E-state index in [0.717, 1.165) is 30.6 Å². The molecule has 0 aliphatic heterocycles. The Labute approximate surface area is 106 Å². The molecule has 1 nitrogen and oxygen atoms in total. The number of allylic oxidation sites excluding steroid dienone is 2. The van der Waals surface area contributed by atoms with Crippen LogP contribution < -0.4 is 0 Å². The smallest absolute Gasteiger partial charge is 0.0659 e. The van der Waals surface area contributed by atoms with Crippen LogP contribution in [0.25, 0.3) is 0 Å². The molecule has 94 valence electrons. The molecular weight excluding hydrogens is 206 g/mol. The summed E-state index contributed by atoms with van der Waals surface area (Å²) in [5.41, 5.74) is 1.96. The van der Waals surface area contributed by atoms with Crippen LogP contribution in [0.5, 0.6) is 0 Å². The van der Waals surface area contributed by atoms with Crippen molar-refractivity contribution in [3.05, 3.63) is 11.6 Å². The van der Waals surface area contributed by atoms with Gasteiger partial charge in [0.15, 0.2) is 0 Å². The zero-order valence-corrected chi connectivity index (χ0v) is 11.7. The standard InChI is InChI=1S/C16H25N/c1-11(2)15-12(3)5-6-14-9-13(10-17)7-8-16(14,15)4/h6,11-13,15H,5,7-9H2,1-4H3/t12?,13-,15?,16-/m0/s1. The van der Waals surface area contributed by atoms with Gasteiger partial charge in [0, 0.05) is 0 Å². The van der Waals surface area contributed by atoms with Gasteiger partial charge in [0.1, 0.15) is 0 Å². The minimum atomic E-state index is 0.274. The van der Waals surface area contributed by atoms with Crippen LogP contribution in [0.15, 0.2) is 11.6 Å². The van der Waals surface area contributed by atoms with Crippen LogP contribution in [0, 0.1) is 40.4 Å². The van der Waals surface area contributed by atoms with Gasteiger partial charge in [-0.1, -0.05) is 39.3 Å². The van der Waals surface area contributed by atoms with Crippen LogP contribution in [0.2, 0.25) is 0 Å². The zero-order chi connectivity index (χ0) is 12.6. The van der Waals surface area contributed by atoms with E-state index >= 15 is 0 Å². The van der Waals surface area contributed by atoms with Gasteiger partial charge < -0.3 is 0 Å². The van der Waals surface area contributed by atoms with Crippen molar-refractivity contribution in [2.45, 2.75) is 53.4 Å². The highest BCUT2D eigenvalue weighted by atomic mass is 14.5. The van der Waals surface area contributed by atoms with Gasteiger partial charge in [-0.3, -0.25) is 0 Å². The summed E-state index contributed by atoms with van der Waals surface area (Å²) in [5, 5.41) is 9.12. The topological polar surface area (TPSA) is 23.8 Å². The van der Waals surface area contributed by atoms with Crippen LogP contribution in [-0.4, -0.2) is 0 Å². The van der Waals surface area contributed by atoms with E-state index in [-0.39, 0.29) is 5.92 Å². The number of hydrogen-bond donors (Lipinski definition) is 0. The molecule has 0 heterocycles. The van der Waals surface area contributed by atoms with Gasteiger partial charge in [0.05, 0.1) is 12.0 Å². The lowest BCUT2D eigenvalue weighted by Crippen LogP contribution is -2.42. The third kappa shape index (κ3) is 2.03. The van der Waals surface area contributed by atoms with E-state index < -0.39 is 0 Å². The van der Waals surface area contributed by atoms with Gasteiger partial charge in [-0.15, -0.1) is 0 Å². The third-order valence-corrected chi connectivity index (χ3v) is 5.20. The molecule has 0 aromatic rings. The molecule has 1 fully saturated rings. The van der Waals surface area contributed by atoms with Crippen LogP contribution in [0.3, 0.4) is 0 Å². The quantitative estimate of drug-likeness (QED) is 0.607. The molecule has 0 saturated heterocycles. The number of nitrogens with zero attached hydrogens (tertiary/aromatic N) is 1. The minimum absolute atomic E-state index is 0.274. The lowest BCUT2D eigenvalue weighted by atomic mass is 9.53. The van der Waals surface area contributed by atoms with Gasteiger partial charge in [-0.2, -0.15) is 5.26 Å². The molecule has 0 bridgehead atoms. The average Bonchev–Trinajstić information content (AvgIpc) is 2.27. The summed E-state index contributed by atoms with van der Waals surface area (Å²) < 4.78 is 0. The summed E-state index contributed by atoms with van der Waals surface area (Å²) in [6, 6.07) is 2.47. The van der Waals surface area contributed by atoms with Crippen molar-refractivity contribution in [1.29, 1.82) is 5.26 Å². The number of hydrogen-bond acceptors (Lipinski definition) is 1. The summed E-state index contributed by atoms with van der Waals surface area (Å²) >= 11 is 0. The fourth-order valence-corrected chi connectivity index (χ4v) is 4.54. The first-order chi connectivity index (χ1) is 7.99. The first-order valence-electron chi connectivity index (χ1n) is 7.08. The third-order valence-electron chi connectivity index (χ3n) is 5.20. The minimum Gasteiger partial charge on any atom is -0.198 e. The lowest BCUT2D eigenvalue weighted by molar-refractivity contribution is 0.0689. The van der Waals surface area contributed by atoms with Gasteiger partial charge in [-0.05, 0) is 48.9 Å². The Hall–Kier alpha value is -0.770. The van der Waals surface area contributed by atoms with Crippen molar-refractivity contribution in [2.24, 2.45) is 29.1 Å². The second-order valence-electron chi connectivity index (χ2n) is 6.70. The van der Waals surface area contributed by atoms with E-state index in [2.05, 4.69) is 39.8 Å². The largest absolute Gasteiger partial charge is 0.198 e. The van der Waals surface area contributed by atoms with Crippen molar-refractivity contribution in [1.82, 2.24) is 0 Å². The van der Waals surface area contributed by atoms with Crippen LogP contribution in [0.4, 0.5) is 0 Å². The monoisotopic (exact) mass is 231 g/mol. The molecule has 2 unspecified atom stereocenters. The normalized spacial score (nSPS) is 41.6. The lowest BCUT2D eigenvalue weighted by Gasteiger charge is -2.51. The summed E-state index contributed by atoms with van der Waals surface area (Å²) in [7, 11) is 0. The Morgan fingerprint density at radius 2 is 2.18 bits per heavy atom. The molecule has 2 aliphatic rings. The van der Waals surface area contributed by atoms with Crippen molar-refractivity contribution in [3.8, 4) is 6.07 Å². The molecule has 0 spiro atoms. The summed E-state index contributed by atoms with van der Waals surface area (Å²) in [4.78, 5) is 0. The molecule has 1 saturated carbocycles. The highest BCUT2D eigenvalue weighted by molar-refractivity contribution is 5.24. The summed E-state index contributed by atoms with van der Waals surface area (Å²) in [6.07, 6.45) is 7.01. The van der Waals surface area contributed by atoms with Crippen LogP contribution >= 0.6 is 0 Å². The number of fused-ring (bicyclic) bond motifs is 1. The molecule has 2 aliphatic carbocycles. The molecule has 1 heteroatoms. The maximum Gasteiger partial charge on any atom is 0.0659 e. The number of rotatable bonds is 1. The summed E-state index contributed by atoms with van der Waals surface area (Å²) in [6.45, 7) is 9.59. The second kappa shape index (κ2) is 4.48. The Balaban J connectivity index is 2.31. The van der Waals surface area contributed by atoms with Crippen molar-refractivity contribution in [3.63, 3.8) is 0 Å². The van der Waals surface area contributed by atoms with E-state index in [0.29, 0.717) is 5.41 Å². The average molecular weight is 231 g/mol. The van der Waals surface area contributed by atoms with Crippen LogP contribution in [0.1, 0.15) is 53.4 Å². The predicted molar refractivity (Wildman–Crippen MR) is 71.3 cm³/mol. The molecule has 0 aromatic carbocycles. The highest BCUT2D eigenvalue weighted by Crippen LogP contribution is 2.55. The zero-order valence-electron chi connectivity index (χ0n) is 11.7. The van der Waals surface area contributed by atoms with E-state index in [9.17, 15) is 0 Å². The number of nitriles is 1. The Bertz CT molecular complexity index is 360. The van der Waals surface area contributed by atoms with Gasteiger partial charge in [-0.25, -0.2) is 0 Å². The fourth-order valence-electron chi connectivity index (χ4n) is 4.54. The maximum atomic E-state index is 9.12. The van der Waals surface area contributed by atoms with E-state index in [1.165, 1.54) is 12.8 Å². The van der Waals surface area contributed by atoms with E-state index in [4.69, 9.17) is 5.26 Å². The van der Waals surface area contributed by atoms with Gasteiger partial charge in [0.2, 0.25) is 0 Å². The molecule has 0 amide bonds. The van der Waals surface area contributed by atoms with E-state index in [1.54, 1.807) is 5.57 Å². The molecular formula is C16H25N. The fraction of sp³-hybridized carbons (Fsp3) is 0.812. The highest BCUT2D eigenvalue weighted by Gasteiger charge is 2.46. The first-order valence-corrected chi connectivity index (χ1v) is 7.08. The Morgan fingerprint density at radius 3 is 2.76 bits per heavy atom. The molecule has 4 atom stereocenters. The van der Waals surface area contributed by atoms with Gasteiger partial charge in [0.25, 0.3) is 0 Å². The van der Waals surface area contributed by atoms with Crippen molar-refractivity contribution in [2.75, 3.05) is 0 Å². The van der Waals surface area contributed by atoms with Crippen molar-refractivity contribution >= 4 is 0 Å². The molecule has 0 N–H and O–H groups in total. The molecule has 17 heavy (non-hydrogen) atoms. The second-order valence-corrected chi connectivity index (χ2v) is 6.70.